The number of hydrogen-bond donors (Lipinski definition) is 1. The minimum Gasteiger partial charge on any atom is -0.385 e. The van der Waals surface area contributed by atoms with Gasteiger partial charge in [-0.05, 0) is 24.7 Å². The van der Waals surface area contributed by atoms with Crippen LogP contribution in [0.4, 0.5) is 0 Å². The molecule has 1 nitrogen and oxygen atoms in total. The van der Waals surface area contributed by atoms with Gasteiger partial charge in [0.1, 0.15) is 0 Å². The Labute approximate surface area is 101 Å². The summed E-state index contributed by atoms with van der Waals surface area (Å²) in [6.07, 6.45) is 12.5. The van der Waals surface area contributed by atoms with E-state index in [0.29, 0.717) is 5.41 Å². The van der Waals surface area contributed by atoms with E-state index in [1.165, 1.54) is 32.1 Å². The smallest absolute Gasteiger partial charge is 0.0899 e. The molecule has 0 aliphatic carbocycles. The van der Waals surface area contributed by atoms with Crippen molar-refractivity contribution in [1.29, 1.82) is 0 Å². The zero-order valence-electron chi connectivity index (χ0n) is 11.2. The third-order valence-electron chi connectivity index (χ3n) is 2.62. The van der Waals surface area contributed by atoms with Crippen molar-refractivity contribution in [3.63, 3.8) is 0 Å². The van der Waals surface area contributed by atoms with E-state index in [1.54, 1.807) is 6.08 Å². The number of rotatable bonds is 8. The molecule has 0 saturated carbocycles. The molecule has 0 aromatic heterocycles. The SMILES string of the molecule is C=CC(O)C=CCCCCCCC(C)(C)C. The lowest BCUT2D eigenvalue weighted by Crippen LogP contribution is -2.03. The Morgan fingerprint density at radius 3 is 2.31 bits per heavy atom. The van der Waals surface area contributed by atoms with Gasteiger partial charge in [0.25, 0.3) is 0 Å². The van der Waals surface area contributed by atoms with Gasteiger partial charge in [-0.15, -0.1) is 6.58 Å². The molecule has 0 bridgehead atoms. The summed E-state index contributed by atoms with van der Waals surface area (Å²) < 4.78 is 0. The molecule has 94 valence electrons. The van der Waals surface area contributed by atoms with Crippen LogP contribution in [-0.2, 0) is 0 Å². The third-order valence-corrected chi connectivity index (χ3v) is 2.62. The minimum absolute atomic E-state index is 0.471. The number of aliphatic hydroxyl groups is 1. The zero-order valence-corrected chi connectivity index (χ0v) is 11.2. The van der Waals surface area contributed by atoms with Crippen LogP contribution in [0.1, 0.15) is 59.3 Å². The maximum atomic E-state index is 9.18. The van der Waals surface area contributed by atoms with Crippen LogP contribution in [0.15, 0.2) is 24.8 Å². The first-order chi connectivity index (χ1) is 7.45. The van der Waals surface area contributed by atoms with Crippen molar-refractivity contribution in [3.8, 4) is 0 Å². The second-order valence-corrected chi connectivity index (χ2v) is 5.67. The highest BCUT2D eigenvalue weighted by atomic mass is 16.3. The fraction of sp³-hybridized carbons (Fsp3) is 0.733. The molecule has 0 aliphatic rings. The topological polar surface area (TPSA) is 20.2 Å². The monoisotopic (exact) mass is 224 g/mol. The van der Waals surface area contributed by atoms with Crippen LogP contribution in [0.3, 0.4) is 0 Å². The number of aliphatic hydroxyl groups excluding tert-OH is 1. The van der Waals surface area contributed by atoms with Crippen LogP contribution >= 0.6 is 0 Å². The van der Waals surface area contributed by atoms with Gasteiger partial charge in [0.2, 0.25) is 0 Å². The molecule has 0 spiro atoms. The van der Waals surface area contributed by atoms with Gasteiger partial charge >= 0.3 is 0 Å². The summed E-state index contributed by atoms with van der Waals surface area (Å²) in [6.45, 7) is 10.4. The first kappa shape index (κ1) is 15.4. The predicted molar refractivity (Wildman–Crippen MR) is 72.5 cm³/mol. The summed E-state index contributed by atoms with van der Waals surface area (Å²) in [7, 11) is 0. The van der Waals surface area contributed by atoms with Gasteiger partial charge in [0, 0.05) is 0 Å². The molecule has 0 aromatic carbocycles. The maximum Gasteiger partial charge on any atom is 0.0899 e. The van der Waals surface area contributed by atoms with Gasteiger partial charge in [-0.25, -0.2) is 0 Å². The van der Waals surface area contributed by atoms with Gasteiger partial charge in [-0.2, -0.15) is 0 Å². The van der Waals surface area contributed by atoms with Crippen LogP contribution in [-0.4, -0.2) is 11.2 Å². The summed E-state index contributed by atoms with van der Waals surface area (Å²) in [6, 6.07) is 0. The average molecular weight is 224 g/mol. The van der Waals surface area contributed by atoms with Crippen LogP contribution in [0.25, 0.3) is 0 Å². The summed E-state index contributed by atoms with van der Waals surface area (Å²) in [5.74, 6) is 0. The summed E-state index contributed by atoms with van der Waals surface area (Å²) in [5.41, 5.74) is 0.480. The van der Waals surface area contributed by atoms with Crippen molar-refractivity contribution in [2.45, 2.75) is 65.4 Å². The first-order valence-electron chi connectivity index (χ1n) is 6.43. The summed E-state index contributed by atoms with van der Waals surface area (Å²) >= 11 is 0. The molecule has 16 heavy (non-hydrogen) atoms. The Balaban J connectivity index is 3.28. The van der Waals surface area contributed by atoms with Crippen molar-refractivity contribution in [3.05, 3.63) is 24.8 Å². The molecule has 1 atom stereocenters. The fourth-order valence-electron chi connectivity index (χ4n) is 1.59. The van der Waals surface area contributed by atoms with E-state index >= 15 is 0 Å². The van der Waals surface area contributed by atoms with Crippen LogP contribution in [0.2, 0.25) is 0 Å². The lowest BCUT2D eigenvalue weighted by Gasteiger charge is -2.17. The maximum absolute atomic E-state index is 9.18. The first-order valence-corrected chi connectivity index (χ1v) is 6.43. The molecular weight excluding hydrogens is 196 g/mol. The quantitative estimate of drug-likeness (QED) is 0.476. The molecule has 0 aliphatic heterocycles. The van der Waals surface area contributed by atoms with Gasteiger partial charge < -0.3 is 5.11 Å². The molecule has 1 N–H and O–H groups in total. The van der Waals surface area contributed by atoms with Crippen molar-refractivity contribution in [2.24, 2.45) is 5.41 Å². The van der Waals surface area contributed by atoms with Gasteiger partial charge in [0.05, 0.1) is 6.10 Å². The van der Waals surface area contributed by atoms with Gasteiger partial charge in [-0.1, -0.05) is 58.3 Å². The Morgan fingerprint density at radius 2 is 1.75 bits per heavy atom. The van der Waals surface area contributed by atoms with Crippen molar-refractivity contribution in [2.75, 3.05) is 0 Å². The van der Waals surface area contributed by atoms with E-state index < -0.39 is 6.10 Å². The largest absolute Gasteiger partial charge is 0.385 e. The third kappa shape index (κ3) is 11.5. The predicted octanol–water partition coefficient (Wildman–Crippen LogP) is 4.48. The summed E-state index contributed by atoms with van der Waals surface area (Å²) in [4.78, 5) is 0. The van der Waals surface area contributed by atoms with E-state index in [9.17, 15) is 5.11 Å². The Hall–Kier alpha value is -0.560. The van der Waals surface area contributed by atoms with Crippen LogP contribution < -0.4 is 0 Å². The normalized spacial score (nSPS) is 14.2. The lowest BCUT2D eigenvalue weighted by molar-refractivity contribution is 0.271. The highest BCUT2D eigenvalue weighted by Crippen LogP contribution is 2.22. The standard InChI is InChI=1S/C15H28O/c1-5-14(16)12-10-8-6-7-9-11-13-15(2,3)4/h5,10,12,14,16H,1,6-9,11,13H2,2-4H3. The van der Waals surface area contributed by atoms with Crippen molar-refractivity contribution in [1.82, 2.24) is 0 Å². The summed E-state index contributed by atoms with van der Waals surface area (Å²) in [5, 5.41) is 9.18. The Morgan fingerprint density at radius 1 is 1.12 bits per heavy atom. The van der Waals surface area contributed by atoms with E-state index in [1.807, 2.05) is 6.08 Å². The lowest BCUT2D eigenvalue weighted by atomic mass is 9.89. The Kier molecular flexibility index (Phi) is 8.28. The molecular formula is C15H28O. The molecule has 0 aromatic rings. The molecule has 1 unspecified atom stereocenters. The number of unbranched alkanes of at least 4 members (excludes halogenated alkanes) is 4. The van der Waals surface area contributed by atoms with E-state index in [0.717, 1.165) is 6.42 Å². The van der Waals surface area contributed by atoms with Crippen LogP contribution in [0.5, 0.6) is 0 Å². The number of hydrogen-bond acceptors (Lipinski definition) is 1. The Bertz CT molecular complexity index is 198. The zero-order chi connectivity index (χ0) is 12.4. The second kappa shape index (κ2) is 8.58. The van der Waals surface area contributed by atoms with E-state index in [-0.39, 0.29) is 0 Å². The highest BCUT2D eigenvalue weighted by molar-refractivity contribution is 4.97. The molecule has 1 heteroatoms. The van der Waals surface area contributed by atoms with E-state index in [4.69, 9.17) is 0 Å². The molecule has 0 heterocycles. The molecule has 0 radical (unpaired) electrons. The fourth-order valence-corrected chi connectivity index (χ4v) is 1.59. The van der Waals surface area contributed by atoms with Gasteiger partial charge in [0.15, 0.2) is 0 Å². The van der Waals surface area contributed by atoms with Crippen molar-refractivity contribution < 1.29 is 5.11 Å². The highest BCUT2D eigenvalue weighted by Gasteiger charge is 2.08. The average Bonchev–Trinajstić information content (AvgIpc) is 2.20. The van der Waals surface area contributed by atoms with E-state index in [2.05, 4.69) is 33.4 Å². The van der Waals surface area contributed by atoms with Crippen LogP contribution in [0, 0.1) is 5.41 Å². The van der Waals surface area contributed by atoms with Gasteiger partial charge in [-0.3, -0.25) is 0 Å². The molecule has 0 amide bonds. The van der Waals surface area contributed by atoms with Crippen molar-refractivity contribution >= 4 is 0 Å². The number of allylic oxidation sites excluding steroid dienone is 1. The minimum atomic E-state index is -0.471. The second-order valence-electron chi connectivity index (χ2n) is 5.67. The molecule has 0 rings (SSSR count). The molecule has 0 saturated heterocycles. The molecule has 0 fully saturated rings.